The number of aliphatic hydroxyl groups is 1. The minimum atomic E-state index is -5.14. The molecular formula is C37H28F7N7O4S. The zero-order chi connectivity index (χ0) is 40.3. The van der Waals surface area contributed by atoms with Gasteiger partial charge in [0.15, 0.2) is 11.5 Å². The number of benzene rings is 2. The number of anilines is 1. The van der Waals surface area contributed by atoms with Crippen molar-refractivity contribution < 1.29 is 49.1 Å². The average molecular weight is 800 g/mol. The molecule has 3 aromatic heterocycles. The van der Waals surface area contributed by atoms with Gasteiger partial charge in [-0.1, -0.05) is 29.9 Å². The molecule has 11 nitrogen and oxygen atoms in total. The lowest BCUT2D eigenvalue weighted by atomic mass is 9.84. The second-order valence-electron chi connectivity index (χ2n) is 13.2. The molecule has 19 heteroatoms. The molecule has 5 aromatic rings. The van der Waals surface area contributed by atoms with Crippen LogP contribution in [0.15, 0.2) is 48.5 Å². The number of aryl methyl sites for hydroxylation is 1. The molecule has 2 aliphatic rings. The van der Waals surface area contributed by atoms with E-state index in [0.717, 1.165) is 18.4 Å². The number of sulfonamides is 1. The van der Waals surface area contributed by atoms with E-state index in [2.05, 4.69) is 48.9 Å². The first-order chi connectivity index (χ1) is 26.4. The lowest BCUT2D eigenvalue weighted by Crippen LogP contribution is -2.36. The molecule has 0 bridgehead atoms. The highest BCUT2D eigenvalue weighted by Crippen LogP contribution is 2.58. The number of hydrogen-bond acceptors (Lipinski definition) is 7. The number of nitrogens with one attached hydrogen (secondary N) is 2. The molecule has 0 saturated heterocycles. The fraction of sp³-hybridized carbons (Fsp3) is 0.297. The number of carbonyl (C=O) groups excluding carboxylic acids is 1. The summed E-state index contributed by atoms with van der Waals surface area (Å²) < 4.78 is 131. The van der Waals surface area contributed by atoms with Gasteiger partial charge in [0, 0.05) is 41.6 Å². The Morgan fingerprint density at radius 3 is 2.45 bits per heavy atom. The molecule has 2 aromatic carbocycles. The van der Waals surface area contributed by atoms with Gasteiger partial charge in [0.2, 0.25) is 15.9 Å². The number of rotatable bonds is 10. The Morgan fingerprint density at radius 1 is 1.07 bits per heavy atom. The maximum absolute atomic E-state index is 15.5. The number of aliphatic hydroxyl groups excluding tert-OH is 1. The summed E-state index contributed by atoms with van der Waals surface area (Å²) in [5, 5.41) is 20.0. The van der Waals surface area contributed by atoms with E-state index in [4.69, 9.17) is 0 Å². The summed E-state index contributed by atoms with van der Waals surface area (Å²) in [6.45, 7) is -1.39. The Morgan fingerprint density at radius 2 is 1.80 bits per heavy atom. The predicted octanol–water partition coefficient (Wildman–Crippen LogP) is 5.16. The number of amides is 1. The van der Waals surface area contributed by atoms with Crippen LogP contribution >= 0.6 is 0 Å². The zero-order valence-corrected chi connectivity index (χ0v) is 30.0. The van der Waals surface area contributed by atoms with Crippen molar-refractivity contribution in [3.05, 3.63) is 94.1 Å². The van der Waals surface area contributed by atoms with Gasteiger partial charge in [-0.3, -0.25) is 18.9 Å². The molecule has 3 unspecified atom stereocenters. The number of nitrogens with zero attached hydrogens (tertiary/aromatic N) is 5. The number of para-hydroxylation sites is 1. The monoisotopic (exact) mass is 799 g/mol. The maximum Gasteiger partial charge on any atom is 0.435 e. The summed E-state index contributed by atoms with van der Waals surface area (Å²) >= 11 is 0. The van der Waals surface area contributed by atoms with Gasteiger partial charge < -0.3 is 10.4 Å². The van der Waals surface area contributed by atoms with Gasteiger partial charge in [0.25, 0.3) is 0 Å². The number of fused-ring (bicyclic) bond motifs is 4. The van der Waals surface area contributed by atoms with Gasteiger partial charge in [-0.15, -0.1) is 0 Å². The number of hydrogen-bond donors (Lipinski definition) is 3. The molecule has 7 rings (SSSR count). The Kier molecular flexibility index (Phi) is 9.58. The molecule has 0 spiro atoms. The average Bonchev–Trinajstić information content (AvgIpc) is 3.64. The molecule has 3 heterocycles. The summed E-state index contributed by atoms with van der Waals surface area (Å²) in [6, 6.07) is 9.14. The lowest BCUT2D eigenvalue weighted by Gasteiger charge is -2.24. The smallest absolute Gasteiger partial charge is 0.395 e. The van der Waals surface area contributed by atoms with Gasteiger partial charge >= 0.3 is 12.1 Å². The fourth-order valence-electron chi connectivity index (χ4n) is 6.99. The second kappa shape index (κ2) is 14.0. The van der Waals surface area contributed by atoms with Crippen LogP contribution in [0.3, 0.4) is 0 Å². The highest BCUT2D eigenvalue weighted by Gasteiger charge is 2.62. The summed E-state index contributed by atoms with van der Waals surface area (Å²) in [6.07, 6.45) is -4.51. The van der Waals surface area contributed by atoms with Crippen LogP contribution in [0.2, 0.25) is 0 Å². The first-order valence-corrected chi connectivity index (χ1v) is 18.6. The topological polar surface area (TPSA) is 144 Å². The van der Waals surface area contributed by atoms with Gasteiger partial charge in [-0.25, -0.2) is 22.2 Å². The molecule has 2 aliphatic carbocycles. The second-order valence-corrected chi connectivity index (χ2v) is 14.9. The molecule has 0 aliphatic heterocycles. The van der Waals surface area contributed by atoms with Crippen molar-refractivity contribution in [1.29, 1.82) is 0 Å². The van der Waals surface area contributed by atoms with E-state index in [1.165, 1.54) is 10.7 Å². The molecular weight excluding hydrogens is 772 g/mol. The molecule has 0 radical (unpaired) electrons. The molecule has 1 amide bonds. The largest absolute Gasteiger partial charge is 0.435 e. The maximum atomic E-state index is 15.5. The molecule has 56 heavy (non-hydrogen) atoms. The number of alkyl halides is 5. The quantitative estimate of drug-likeness (QED) is 0.131. The van der Waals surface area contributed by atoms with E-state index in [0.29, 0.717) is 27.2 Å². The number of carbonyl (C=O) groups is 1. The van der Waals surface area contributed by atoms with Crippen LogP contribution in [-0.2, 0) is 46.9 Å². The van der Waals surface area contributed by atoms with E-state index < -0.39 is 81.0 Å². The fourth-order valence-corrected chi connectivity index (χ4v) is 7.49. The molecule has 3 N–H and O–H groups in total. The highest BCUT2D eigenvalue weighted by atomic mass is 32.2. The van der Waals surface area contributed by atoms with Crippen molar-refractivity contribution >= 4 is 32.7 Å². The van der Waals surface area contributed by atoms with E-state index in [1.54, 1.807) is 31.3 Å². The highest BCUT2D eigenvalue weighted by molar-refractivity contribution is 7.92. The van der Waals surface area contributed by atoms with Gasteiger partial charge in [0.05, 0.1) is 36.0 Å². The molecule has 290 valence electrons. The van der Waals surface area contributed by atoms with E-state index >= 15 is 8.78 Å². The zero-order valence-electron chi connectivity index (χ0n) is 29.1. The van der Waals surface area contributed by atoms with Gasteiger partial charge in [-0.2, -0.15) is 32.1 Å². The Hall–Kier alpha value is -5.92. The summed E-state index contributed by atoms with van der Waals surface area (Å²) in [5.74, 6) is 0.0271. The standard InChI is InChI=1S/C37H28F7N7O4S/c1-50-32-24(7-5-8-26(32)35(48-50)49-56(2,54)55)23-10-9-22(6-3-4-13-52)45-31(23)28(16-19-14-20(38)17-21(39)15-19)46-29(53)18-51-34-30(33(47-51)37(42,43)44)25-11-12-27(25)36(34,40)41/h5,7-10,14-15,17,25,27-28,52H,4,13,16,18H2,1-2H3,(H,46,53)(H,48,49). The van der Waals surface area contributed by atoms with Crippen LogP contribution < -0.4 is 10.0 Å². The van der Waals surface area contributed by atoms with Crippen LogP contribution in [-0.4, -0.2) is 56.8 Å². The number of aromatic nitrogens is 5. The van der Waals surface area contributed by atoms with Crippen LogP contribution in [0, 0.1) is 41.2 Å². The van der Waals surface area contributed by atoms with E-state index in [-0.39, 0.29) is 47.8 Å². The SMILES string of the molecule is Cn1nc(NS(C)(=O)=O)c2cccc(-c3ccc(C#CCCO)nc3C(Cc3cc(F)cc(F)c3)NC(=O)Cn3nc(C(F)(F)F)c4c3C(F)(F)C3C#CC43)c21. The molecule has 0 saturated carbocycles. The number of halogens is 7. The third kappa shape index (κ3) is 7.15. The van der Waals surface area contributed by atoms with Crippen LogP contribution in [0.4, 0.5) is 36.6 Å². The van der Waals surface area contributed by atoms with Crippen molar-refractivity contribution in [3.63, 3.8) is 0 Å². The predicted molar refractivity (Wildman–Crippen MR) is 187 cm³/mol. The van der Waals surface area contributed by atoms with Crippen molar-refractivity contribution in [2.45, 2.75) is 43.4 Å². The van der Waals surface area contributed by atoms with Crippen molar-refractivity contribution in [3.8, 4) is 34.8 Å². The third-order valence-corrected chi connectivity index (χ3v) is 9.70. The van der Waals surface area contributed by atoms with Gasteiger partial charge in [0.1, 0.15) is 35.5 Å². The molecule has 3 atom stereocenters. The Bertz CT molecular complexity index is 2650. The van der Waals surface area contributed by atoms with Crippen molar-refractivity contribution in [2.75, 3.05) is 17.6 Å². The summed E-state index contributed by atoms with van der Waals surface area (Å²) in [5.41, 5.74) is -2.29. The van der Waals surface area contributed by atoms with E-state index in [9.17, 15) is 40.3 Å². The van der Waals surface area contributed by atoms with Crippen molar-refractivity contribution in [2.24, 2.45) is 13.0 Å². The Labute approximate surface area is 314 Å². The normalized spacial score (nSPS) is 17.2. The first-order valence-electron chi connectivity index (χ1n) is 16.7. The van der Waals surface area contributed by atoms with Crippen molar-refractivity contribution in [1.82, 2.24) is 29.9 Å². The van der Waals surface area contributed by atoms with Crippen LogP contribution in [0.5, 0.6) is 0 Å². The van der Waals surface area contributed by atoms with E-state index in [1.807, 2.05) is 0 Å². The van der Waals surface area contributed by atoms with Gasteiger partial charge in [-0.05, 0) is 48.2 Å². The van der Waals surface area contributed by atoms with Crippen LogP contribution in [0.1, 0.15) is 52.3 Å². The summed E-state index contributed by atoms with van der Waals surface area (Å²) in [4.78, 5) is 18.5. The number of pyridine rings is 1. The Balaban J connectivity index is 1.36. The minimum absolute atomic E-state index is 0.00597. The third-order valence-electron chi connectivity index (χ3n) is 9.14. The summed E-state index contributed by atoms with van der Waals surface area (Å²) in [7, 11) is -2.23. The lowest BCUT2D eigenvalue weighted by molar-refractivity contribution is -0.142. The molecule has 0 fully saturated rings. The first kappa shape index (κ1) is 38.4. The van der Waals surface area contributed by atoms with Crippen LogP contribution in [0.25, 0.3) is 22.0 Å². The minimum Gasteiger partial charge on any atom is -0.395 e.